The van der Waals surface area contributed by atoms with Gasteiger partial charge in [0.2, 0.25) is 5.91 Å². The number of H-pyrrole nitrogens is 1. The van der Waals surface area contributed by atoms with Crippen molar-refractivity contribution in [3.8, 4) is 0 Å². The Morgan fingerprint density at radius 2 is 2.41 bits per heavy atom. The first-order valence-corrected chi connectivity index (χ1v) is 4.98. The van der Waals surface area contributed by atoms with Crippen LogP contribution in [0, 0.1) is 6.92 Å². The lowest BCUT2D eigenvalue weighted by molar-refractivity contribution is -0.131. The molecular weight excluding hydrogens is 224 g/mol. The van der Waals surface area contributed by atoms with Crippen molar-refractivity contribution in [3.05, 3.63) is 18.0 Å². The molecule has 1 N–H and O–H groups in total. The lowest BCUT2D eigenvalue weighted by atomic mass is 10.4. The number of hydrogen-bond acceptors (Lipinski definition) is 6. The van der Waals surface area contributed by atoms with Crippen molar-refractivity contribution in [2.24, 2.45) is 0 Å². The van der Waals surface area contributed by atoms with Gasteiger partial charge in [0.15, 0.2) is 5.82 Å². The van der Waals surface area contributed by atoms with E-state index in [2.05, 4.69) is 30.7 Å². The summed E-state index contributed by atoms with van der Waals surface area (Å²) in [5.74, 6) is 1.19. The highest BCUT2D eigenvalue weighted by Crippen LogP contribution is 1.98. The third-order valence-electron chi connectivity index (χ3n) is 2.14. The molecule has 0 aliphatic carbocycles. The molecule has 0 fully saturated rings. The van der Waals surface area contributed by atoms with Gasteiger partial charge in [-0.05, 0) is 17.4 Å². The SMILES string of the molecule is Cc1nc(CN(C)C(=O)Cn2cnnn2)n[nH]1. The van der Waals surface area contributed by atoms with Crippen LogP contribution in [-0.4, -0.2) is 53.2 Å². The van der Waals surface area contributed by atoms with E-state index in [1.54, 1.807) is 14.0 Å². The Hall–Kier alpha value is -2.32. The van der Waals surface area contributed by atoms with E-state index >= 15 is 0 Å². The van der Waals surface area contributed by atoms with E-state index in [9.17, 15) is 4.79 Å². The maximum Gasteiger partial charge on any atom is 0.244 e. The largest absolute Gasteiger partial charge is 0.337 e. The van der Waals surface area contributed by atoms with Crippen molar-refractivity contribution < 1.29 is 4.79 Å². The predicted octanol–water partition coefficient (Wildman–Crippen LogP) is -1.24. The molecule has 90 valence electrons. The van der Waals surface area contributed by atoms with Gasteiger partial charge in [-0.15, -0.1) is 5.10 Å². The Morgan fingerprint density at radius 3 is 3.00 bits per heavy atom. The van der Waals surface area contributed by atoms with Crippen LogP contribution in [0.25, 0.3) is 0 Å². The number of hydrogen-bond donors (Lipinski definition) is 1. The number of nitrogens with zero attached hydrogens (tertiary/aromatic N) is 7. The number of carbonyl (C=O) groups excluding carboxylic acids is 1. The van der Waals surface area contributed by atoms with Crippen molar-refractivity contribution in [1.29, 1.82) is 0 Å². The molecule has 17 heavy (non-hydrogen) atoms. The standard InChI is InChI=1S/C8H12N8O/c1-6-10-7(12-11-6)3-15(2)8(17)4-16-5-9-13-14-16/h5H,3-4H2,1-2H3,(H,10,11,12). The second-order valence-electron chi connectivity index (χ2n) is 3.59. The summed E-state index contributed by atoms with van der Waals surface area (Å²) in [7, 11) is 1.68. The van der Waals surface area contributed by atoms with Gasteiger partial charge in [-0.1, -0.05) is 0 Å². The van der Waals surface area contributed by atoms with Crippen LogP contribution in [0.15, 0.2) is 6.33 Å². The van der Waals surface area contributed by atoms with E-state index in [-0.39, 0.29) is 12.5 Å². The van der Waals surface area contributed by atoms with Crippen molar-refractivity contribution in [2.75, 3.05) is 7.05 Å². The molecule has 9 heteroatoms. The summed E-state index contributed by atoms with van der Waals surface area (Å²) in [6.45, 7) is 2.26. The number of tetrazole rings is 1. The van der Waals surface area contributed by atoms with Gasteiger partial charge in [0.25, 0.3) is 0 Å². The Kier molecular flexibility index (Phi) is 3.08. The van der Waals surface area contributed by atoms with Crippen LogP contribution < -0.4 is 0 Å². The van der Waals surface area contributed by atoms with Gasteiger partial charge in [0, 0.05) is 7.05 Å². The van der Waals surface area contributed by atoms with Gasteiger partial charge < -0.3 is 4.90 Å². The first-order valence-electron chi connectivity index (χ1n) is 4.98. The fourth-order valence-electron chi connectivity index (χ4n) is 1.27. The van der Waals surface area contributed by atoms with Crippen LogP contribution >= 0.6 is 0 Å². The first kappa shape index (κ1) is 11.2. The monoisotopic (exact) mass is 236 g/mol. The number of likely N-dealkylation sites (N-methyl/N-ethyl adjacent to an activating group) is 1. The fourth-order valence-corrected chi connectivity index (χ4v) is 1.27. The molecule has 0 unspecified atom stereocenters. The predicted molar refractivity (Wildman–Crippen MR) is 55.4 cm³/mol. The molecule has 0 bridgehead atoms. The quantitative estimate of drug-likeness (QED) is 0.711. The molecule has 2 aromatic heterocycles. The molecule has 2 rings (SSSR count). The number of rotatable bonds is 4. The molecule has 0 spiro atoms. The summed E-state index contributed by atoms with van der Waals surface area (Å²) < 4.78 is 1.36. The summed E-state index contributed by atoms with van der Waals surface area (Å²) in [6.07, 6.45) is 1.39. The van der Waals surface area contributed by atoms with Gasteiger partial charge in [-0.3, -0.25) is 9.89 Å². The van der Waals surface area contributed by atoms with Crippen LogP contribution in [0.4, 0.5) is 0 Å². The summed E-state index contributed by atoms with van der Waals surface area (Å²) in [6, 6.07) is 0. The highest BCUT2D eigenvalue weighted by atomic mass is 16.2. The Labute approximate surface area is 96.8 Å². The number of carbonyl (C=O) groups is 1. The van der Waals surface area contributed by atoms with Gasteiger partial charge in [0.1, 0.15) is 18.7 Å². The molecule has 0 aromatic carbocycles. The molecule has 9 nitrogen and oxygen atoms in total. The average molecular weight is 236 g/mol. The average Bonchev–Trinajstić information content (AvgIpc) is 2.90. The van der Waals surface area contributed by atoms with Crippen LogP contribution in [0.2, 0.25) is 0 Å². The number of aromatic amines is 1. The van der Waals surface area contributed by atoms with Gasteiger partial charge in [-0.2, -0.15) is 5.10 Å². The highest BCUT2D eigenvalue weighted by molar-refractivity contribution is 5.75. The van der Waals surface area contributed by atoms with Crippen molar-refractivity contribution in [1.82, 2.24) is 40.3 Å². The van der Waals surface area contributed by atoms with E-state index in [4.69, 9.17) is 0 Å². The highest BCUT2D eigenvalue weighted by Gasteiger charge is 2.12. The van der Waals surface area contributed by atoms with Crippen LogP contribution in [0.5, 0.6) is 0 Å². The molecule has 0 aliphatic heterocycles. The van der Waals surface area contributed by atoms with E-state index in [1.807, 2.05) is 0 Å². The lowest BCUT2D eigenvalue weighted by Gasteiger charge is -2.14. The van der Waals surface area contributed by atoms with Gasteiger partial charge >= 0.3 is 0 Å². The smallest absolute Gasteiger partial charge is 0.244 e. The van der Waals surface area contributed by atoms with Gasteiger partial charge in [-0.25, -0.2) is 9.67 Å². The Balaban J connectivity index is 1.91. The number of aromatic nitrogens is 7. The van der Waals surface area contributed by atoms with E-state index in [1.165, 1.54) is 15.9 Å². The zero-order valence-electron chi connectivity index (χ0n) is 9.53. The fraction of sp³-hybridized carbons (Fsp3) is 0.500. The third-order valence-corrected chi connectivity index (χ3v) is 2.14. The topological polar surface area (TPSA) is 105 Å². The normalized spacial score (nSPS) is 10.5. The minimum atomic E-state index is -0.111. The molecular formula is C8H12N8O. The Bertz CT molecular complexity index is 489. The van der Waals surface area contributed by atoms with E-state index in [0.717, 1.165) is 5.82 Å². The van der Waals surface area contributed by atoms with Gasteiger partial charge in [0.05, 0.1) is 6.54 Å². The number of aryl methyl sites for hydroxylation is 1. The molecule has 0 saturated heterocycles. The molecule has 1 amide bonds. The number of amides is 1. The molecule has 2 heterocycles. The Morgan fingerprint density at radius 1 is 1.59 bits per heavy atom. The second kappa shape index (κ2) is 4.68. The molecule has 0 radical (unpaired) electrons. The van der Waals surface area contributed by atoms with Crippen molar-refractivity contribution in [2.45, 2.75) is 20.0 Å². The van der Waals surface area contributed by atoms with Crippen molar-refractivity contribution in [3.63, 3.8) is 0 Å². The van der Waals surface area contributed by atoms with E-state index in [0.29, 0.717) is 12.4 Å². The van der Waals surface area contributed by atoms with Crippen LogP contribution in [-0.2, 0) is 17.9 Å². The zero-order valence-corrected chi connectivity index (χ0v) is 9.53. The third kappa shape index (κ3) is 2.83. The first-order chi connectivity index (χ1) is 8.15. The second-order valence-corrected chi connectivity index (χ2v) is 3.59. The molecule has 0 saturated carbocycles. The zero-order chi connectivity index (χ0) is 12.3. The molecule has 2 aromatic rings. The minimum Gasteiger partial charge on any atom is -0.337 e. The number of nitrogens with one attached hydrogen (secondary N) is 1. The summed E-state index contributed by atoms with van der Waals surface area (Å²) >= 11 is 0. The maximum atomic E-state index is 11.8. The lowest BCUT2D eigenvalue weighted by Crippen LogP contribution is -2.30. The van der Waals surface area contributed by atoms with Crippen molar-refractivity contribution >= 4 is 5.91 Å². The summed E-state index contributed by atoms with van der Waals surface area (Å²) in [4.78, 5) is 17.4. The van der Waals surface area contributed by atoms with Crippen LogP contribution in [0.1, 0.15) is 11.6 Å². The summed E-state index contributed by atoms with van der Waals surface area (Å²) in [5, 5.41) is 17.2. The van der Waals surface area contributed by atoms with Crippen LogP contribution in [0.3, 0.4) is 0 Å². The maximum absolute atomic E-state index is 11.8. The minimum absolute atomic E-state index is 0.104. The summed E-state index contributed by atoms with van der Waals surface area (Å²) in [5.41, 5.74) is 0. The molecule has 0 atom stereocenters. The van der Waals surface area contributed by atoms with E-state index < -0.39 is 0 Å². The molecule has 0 aliphatic rings.